The van der Waals surface area contributed by atoms with Gasteiger partial charge in [0.1, 0.15) is 0 Å². The van der Waals surface area contributed by atoms with Gasteiger partial charge in [-0.15, -0.1) is 0 Å². The average Bonchev–Trinajstić information content (AvgIpc) is 3.06. The average molecular weight is 343 g/mol. The predicted molar refractivity (Wildman–Crippen MR) is 97.5 cm³/mol. The van der Waals surface area contributed by atoms with Crippen LogP contribution in [0.3, 0.4) is 0 Å². The number of hydrogen-bond acceptors (Lipinski definition) is 5. The van der Waals surface area contributed by atoms with Crippen LogP contribution in [0.15, 0.2) is 35.3 Å². The molecule has 1 atom stereocenters. The van der Waals surface area contributed by atoms with E-state index in [0.717, 1.165) is 24.9 Å². The molecular formula is C18H25N5O2. The zero-order valence-electron chi connectivity index (χ0n) is 14.8. The number of hydrogen-bond donors (Lipinski definition) is 1. The van der Waals surface area contributed by atoms with Crippen LogP contribution >= 0.6 is 0 Å². The number of fused-ring (bicyclic) bond motifs is 1. The Hall–Kier alpha value is -2.25. The smallest absolute Gasteiger partial charge is 0.274 e. The second kappa shape index (κ2) is 7.76. The monoisotopic (exact) mass is 343 g/mol. The summed E-state index contributed by atoms with van der Waals surface area (Å²) in [6, 6.07) is 7.91. The van der Waals surface area contributed by atoms with Crippen molar-refractivity contribution in [2.45, 2.75) is 19.0 Å². The van der Waals surface area contributed by atoms with Gasteiger partial charge in [0, 0.05) is 31.1 Å². The van der Waals surface area contributed by atoms with Crippen LogP contribution in [0.25, 0.3) is 10.8 Å². The highest BCUT2D eigenvalue weighted by molar-refractivity contribution is 5.80. The van der Waals surface area contributed by atoms with Crippen LogP contribution < -0.4 is 10.9 Å². The van der Waals surface area contributed by atoms with E-state index in [9.17, 15) is 9.59 Å². The van der Waals surface area contributed by atoms with E-state index in [1.165, 1.54) is 4.68 Å². The molecule has 0 saturated carbocycles. The van der Waals surface area contributed by atoms with Crippen molar-refractivity contribution in [1.82, 2.24) is 24.9 Å². The Morgan fingerprint density at radius 3 is 2.92 bits per heavy atom. The topological polar surface area (TPSA) is 70.5 Å². The Balaban J connectivity index is 1.49. The van der Waals surface area contributed by atoms with Crippen LogP contribution in [0, 0.1) is 0 Å². The molecule has 2 aromatic rings. The zero-order chi connectivity index (χ0) is 17.8. The van der Waals surface area contributed by atoms with Gasteiger partial charge in [0.15, 0.2) is 0 Å². The highest BCUT2D eigenvalue weighted by Gasteiger charge is 2.25. The molecule has 7 heteroatoms. The molecule has 7 nitrogen and oxygen atoms in total. The number of benzene rings is 1. The van der Waals surface area contributed by atoms with E-state index in [1.807, 2.05) is 18.2 Å². The van der Waals surface area contributed by atoms with Crippen molar-refractivity contribution in [3.8, 4) is 0 Å². The van der Waals surface area contributed by atoms with Crippen molar-refractivity contribution in [2.24, 2.45) is 0 Å². The van der Waals surface area contributed by atoms with Gasteiger partial charge in [-0.1, -0.05) is 18.2 Å². The number of amides is 1. The largest absolute Gasteiger partial charge is 0.353 e. The van der Waals surface area contributed by atoms with Gasteiger partial charge in [-0.3, -0.25) is 14.5 Å². The van der Waals surface area contributed by atoms with Gasteiger partial charge in [-0.2, -0.15) is 5.10 Å². The molecule has 0 bridgehead atoms. The minimum atomic E-state index is -0.124. The van der Waals surface area contributed by atoms with E-state index in [2.05, 4.69) is 34.3 Å². The maximum Gasteiger partial charge on any atom is 0.274 e. The summed E-state index contributed by atoms with van der Waals surface area (Å²) in [5.74, 6) is -0.00626. The molecule has 0 spiro atoms. The van der Waals surface area contributed by atoms with Crippen LogP contribution in [0.1, 0.15) is 6.42 Å². The lowest BCUT2D eigenvalue weighted by Gasteiger charge is -2.20. The molecule has 0 unspecified atom stereocenters. The first-order valence-corrected chi connectivity index (χ1v) is 8.65. The summed E-state index contributed by atoms with van der Waals surface area (Å²) in [5.41, 5.74) is -0.124. The van der Waals surface area contributed by atoms with Gasteiger partial charge < -0.3 is 10.2 Å². The Bertz CT molecular complexity index is 801. The molecule has 1 aliphatic heterocycles. The number of carbonyl (C=O) groups excluding carboxylic acids is 1. The fraction of sp³-hybridized carbons (Fsp3) is 0.500. The molecule has 1 N–H and O–H groups in total. The lowest BCUT2D eigenvalue weighted by Crippen LogP contribution is -2.39. The lowest BCUT2D eigenvalue weighted by molar-refractivity contribution is -0.122. The quantitative estimate of drug-likeness (QED) is 0.808. The third-order valence-electron chi connectivity index (χ3n) is 4.75. The molecule has 0 aliphatic carbocycles. The molecule has 3 rings (SSSR count). The summed E-state index contributed by atoms with van der Waals surface area (Å²) >= 11 is 0. The highest BCUT2D eigenvalue weighted by atomic mass is 16.2. The van der Waals surface area contributed by atoms with Gasteiger partial charge in [-0.25, -0.2) is 4.68 Å². The van der Waals surface area contributed by atoms with Gasteiger partial charge in [0.25, 0.3) is 5.56 Å². The molecule has 2 heterocycles. The molecule has 134 valence electrons. The first-order chi connectivity index (χ1) is 12.0. The van der Waals surface area contributed by atoms with E-state index in [4.69, 9.17) is 0 Å². The van der Waals surface area contributed by atoms with Crippen LogP contribution in [-0.4, -0.2) is 71.8 Å². The third kappa shape index (κ3) is 4.24. The van der Waals surface area contributed by atoms with Crippen molar-refractivity contribution in [1.29, 1.82) is 0 Å². The second-order valence-electron chi connectivity index (χ2n) is 6.75. The first kappa shape index (κ1) is 17.6. The van der Waals surface area contributed by atoms with Gasteiger partial charge in [0.2, 0.25) is 5.91 Å². The summed E-state index contributed by atoms with van der Waals surface area (Å²) in [6.07, 6.45) is 2.78. The fourth-order valence-electron chi connectivity index (χ4n) is 3.22. The molecule has 0 radical (unpaired) electrons. The highest BCUT2D eigenvalue weighted by Crippen LogP contribution is 2.12. The number of carbonyl (C=O) groups is 1. The standard InChI is InChI=1S/C18H25N5O2/c1-21(2)15-7-9-22(12-15)13-17(24)19-8-10-23-18(25)16-6-4-3-5-14(16)11-20-23/h3-6,11,15H,7-10,12-13H2,1-2H3,(H,19,24)/t15-/m0/s1. The summed E-state index contributed by atoms with van der Waals surface area (Å²) in [4.78, 5) is 28.8. The Kier molecular flexibility index (Phi) is 5.45. The molecule has 1 aromatic heterocycles. The summed E-state index contributed by atoms with van der Waals surface area (Å²) in [7, 11) is 4.14. The number of likely N-dealkylation sites (N-methyl/N-ethyl adjacent to an activating group) is 1. The third-order valence-corrected chi connectivity index (χ3v) is 4.75. The Morgan fingerprint density at radius 2 is 2.16 bits per heavy atom. The van der Waals surface area contributed by atoms with Crippen molar-refractivity contribution < 1.29 is 4.79 Å². The van der Waals surface area contributed by atoms with E-state index < -0.39 is 0 Å². The number of aromatic nitrogens is 2. The van der Waals surface area contributed by atoms with Gasteiger partial charge in [-0.05, 0) is 26.6 Å². The van der Waals surface area contributed by atoms with Gasteiger partial charge >= 0.3 is 0 Å². The second-order valence-corrected chi connectivity index (χ2v) is 6.75. The van der Waals surface area contributed by atoms with E-state index in [-0.39, 0.29) is 11.5 Å². The maximum atomic E-state index is 12.4. The number of rotatable bonds is 6. The minimum Gasteiger partial charge on any atom is -0.353 e. The molecule has 1 fully saturated rings. The number of nitrogens with one attached hydrogen (secondary N) is 1. The van der Waals surface area contributed by atoms with Crippen LogP contribution in [0.2, 0.25) is 0 Å². The van der Waals surface area contributed by atoms with E-state index in [1.54, 1.807) is 12.3 Å². The number of nitrogens with zero attached hydrogens (tertiary/aromatic N) is 4. The van der Waals surface area contributed by atoms with E-state index >= 15 is 0 Å². The molecule has 1 aromatic carbocycles. The first-order valence-electron chi connectivity index (χ1n) is 8.65. The summed E-state index contributed by atoms with van der Waals surface area (Å²) < 4.78 is 1.40. The fourth-order valence-corrected chi connectivity index (χ4v) is 3.22. The summed E-state index contributed by atoms with van der Waals surface area (Å²) in [5, 5.41) is 8.54. The van der Waals surface area contributed by atoms with Crippen molar-refractivity contribution in [3.05, 3.63) is 40.8 Å². The molecular weight excluding hydrogens is 318 g/mol. The van der Waals surface area contributed by atoms with Gasteiger partial charge in [0.05, 0.1) is 24.7 Å². The summed E-state index contributed by atoms with van der Waals surface area (Å²) in [6.45, 7) is 3.04. The van der Waals surface area contributed by atoms with E-state index in [0.29, 0.717) is 31.1 Å². The minimum absolute atomic E-state index is 0.00626. The maximum absolute atomic E-state index is 12.4. The van der Waals surface area contributed by atoms with Crippen LogP contribution in [-0.2, 0) is 11.3 Å². The van der Waals surface area contributed by atoms with Crippen molar-refractivity contribution in [3.63, 3.8) is 0 Å². The molecule has 1 amide bonds. The SMILES string of the molecule is CN(C)[C@H]1CCN(CC(=O)NCCn2ncc3ccccc3c2=O)C1. The van der Waals surface area contributed by atoms with Crippen LogP contribution in [0.4, 0.5) is 0 Å². The van der Waals surface area contributed by atoms with Crippen LogP contribution in [0.5, 0.6) is 0 Å². The number of likely N-dealkylation sites (tertiary alicyclic amines) is 1. The molecule has 1 aliphatic rings. The Morgan fingerprint density at radius 1 is 1.36 bits per heavy atom. The molecule has 1 saturated heterocycles. The zero-order valence-corrected chi connectivity index (χ0v) is 14.8. The van der Waals surface area contributed by atoms with Crippen molar-refractivity contribution >= 4 is 16.7 Å². The lowest BCUT2D eigenvalue weighted by atomic mass is 10.2. The van der Waals surface area contributed by atoms with Crippen molar-refractivity contribution in [2.75, 3.05) is 40.3 Å². The Labute approximate surface area is 147 Å². The normalized spacial score (nSPS) is 18.1. The predicted octanol–water partition coefficient (Wildman–Crippen LogP) is 0.149. The molecule has 25 heavy (non-hydrogen) atoms.